The highest BCUT2D eigenvalue weighted by Crippen LogP contribution is 2.29. The van der Waals surface area contributed by atoms with Crippen molar-refractivity contribution < 1.29 is 14.6 Å². The van der Waals surface area contributed by atoms with Crippen LogP contribution in [0.3, 0.4) is 0 Å². The number of ether oxygens (including phenoxy) is 1. The van der Waals surface area contributed by atoms with Crippen molar-refractivity contribution in [2.45, 2.75) is 12.8 Å². The van der Waals surface area contributed by atoms with E-state index in [1.54, 1.807) is 0 Å². The lowest BCUT2D eigenvalue weighted by Gasteiger charge is -2.31. The van der Waals surface area contributed by atoms with Crippen molar-refractivity contribution in [3.05, 3.63) is 29.8 Å². The highest BCUT2D eigenvalue weighted by atomic mass is 16.5. The van der Waals surface area contributed by atoms with E-state index >= 15 is 0 Å². The van der Waals surface area contributed by atoms with Crippen molar-refractivity contribution >= 4 is 11.6 Å². The fraction of sp³-hybridized carbons (Fsp3) is 0.667. The van der Waals surface area contributed by atoms with Crippen LogP contribution in [0.1, 0.15) is 23.2 Å². The summed E-state index contributed by atoms with van der Waals surface area (Å²) in [5.41, 5.74) is 1.78. The summed E-state index contributed by atoms with van der Waals surface area (Å²) in [6.07, 6.45) is 2.54. The Hall–Kier alpha value is -1.63. The van der Waals surface area contributed by atoms with Gasteiger partial charge < -0.3 is 24.5 Å². The molecule has 0 unspecified atom stereocenters. The molecule has 0 aromatic heterocycles. The number of hydrogen-bond donors (Lipinski definition) is 1. The summed E-state index contributed by atoms with van der Waals surface area (Å²) in [4.78, 5) is 20.0. The summed E-state index contributed by atoms with van der Waals surface area (Å²) in [6.45, 7) is 7.93. The largest absolute Gasteiger partial charge is 0.396 e. The van der Waals surface area contributed by atoms with E-state index in [4.69, 9.17) is 4.74 Å². The first-order valence-corrected chi connectivity index (χ1v) is 10.3. The monoisotopic (exact) mass is 373 g/mol. The van der Waals surface area contributed by atoms with E-state index in [-0.39, 0.29) is 18.4 Å². The predicted molar refractivity (Wildman–Crippen MR) is 105 cm³/mol. The SMILES string of the molecule is O=C(c1ccccc1N1CCOCC1)N1C[C@@H](CN2CCCC2)[C@@H](CO)C1. The minimum Gasteiger partial charge on any atom is -0.396 e. The molecule has 3 aliphatic heterocycles. The Bertz CT molecular complexity index is 641. The molecule has 3 fully saturated rings. The second kappa shape index (κ2) is 8.59. The van der Waals surface area contributed by atoms with Gasteiger partial charge in [0.25, 0.3) is 5.91 Å². The maximum atomic E-state index is 13.3. The quantitative estimate of drug-likeness (QED) is 0.843. The van der Waals surface area contributed by atoms with Gasteiger partial charge in [0.2, 0.25) is 0 Å². The number of aliphatic hydroxyl groups excluding tert-OH is 1. The average Bonchev–Trinajstić information content (AvgIpc) is 3.38. The molecular weight excluding hydrogens is 342 g/mol. The third kappa shape index (κ3) is 4.13. The zero-order chi connectivity index (χ0) is 18.6. The molecule has 1 amide bonds. The van der Waals surface area contributed by atoms with E-state index < -0.39 is 0 Å². The Morgan fingerprint density at radius 2 is 1.74 bits per heavy atom. The van der Waals surface area contributed by atoms with Crippen molar-refractivity contribution in [2.75, 3.05) is 70.5 Å². The molecule has 2 atom stereocenters. The van der Waals surface area contributed by atoms with Crippen molar-refractivity contribution in [1.82, 2.24) is 9.80 Å². The Kier molecular flexibility index (Phi) is 5.95. The lowest BCUT2D eigenvalue weighted by atomic mass is 9.96. The van der Waals surface area contributed by atoms with Crippen molar-refractivity contribution in [3.8, 4) is 0 Å². The highest BCUT2D eigenvalue weighted by Gasteiger charge is 2.37. The molecule has 3 saturated heterocycles. The van der Waals surface area contributed by atoms with Crippen LogP contribution in [0, 0.1) is 11.8 Å². The van der Waals surface area contributed by atoms with E-state index in [2.05, 4.69) is 9.80 Å². The number of anilines is 1. The Labute approximate surface area is 161 Å². The molecule has 148 valence electrons. The second-order valence-corrected chi connectivity index (χ2v) is 8.04. The van der Waals surface area contributed by atoms with Gasteiger partial charge in [-0.3, -0.25) is 4.79 Å². The normalized spacial score (nSPS) is 26.7. The molecular formula is C21H31N3O3. The van der Waals surface area contributed by atoms with Gasteiger partial charge in [0.1, 0.15) is 0 Å². The number of para-hydroxylation sites is 1. The van der Waals surface area contributed by atoms with E-state index in [0.717, 1.165) is 50.5 Å². The number of carbonyl (C=O) groups excluding carboxylic acids is 1. The number of morpholine rings is 1. The zero-order valence-electron chi connectivity index (χ0n) is 16.1. The second-order valence-electron chi connectivity index (χ2n) is 8.04. The first-order chi connectivity index (χ1) is 13.3. The van der Waals surface area contributed by atoms with Crippen LogP contribution in [0.2, 0.25) is 0 Å². The molecule has 0 spiro atoms. The van der Waals surface area contributed by atoms with Crippen LogP contribution >= 0.6 is 0 Å². The molecule has 6 heteroatoms. The summed E-state index contributed by atoms with van der Waals surface area (Å²) in [7, 11) is 0. The predicted octanol–water partition coefficient (Wildman–Crippen LogP) is 1.30. The number of likely N-dealkylation sites (tertiary alicyclic amines) is 2. The highest BCUT2D eigenvalue weighted by molar-refractivity contribution is 6.00. The fourth-order valence-corrected chi connectivity index (χ4v) is 4.72. The van der Waals surface area contributed by atoms with E-state index in [1.807, 2.05) is 29.2 Å². The van der Waals surface area contributed by atoms with Crippen molar-refractivity contribution in [3.63, 3.8) is 0 Å². The molecule has 0 radical (unpaired) electrons. The molecule has 0 aliphatic carbocycles. The van der Waals surface area contributed by atoms with Gasteiger partial charge in [-0.05, 0) is 44.0 Å². The van der Waals surface area contributed by atoms with Crippen molar-refractivity contribution in [1.29, 1.82) is 0 Å². The minimum atomic E-state index is 0.0967. The Morgan fingerprint density at radius 3 is 2.48 bits per heavy atom. The molecule has 0 saturated carbocycles. The van der Waals surface area contributed by atoms with Crippen LogP contribution in [0.4, 0.5) is 5.69 Å². The first-order valence-electron chi connectivity index (χ1n) is 10.3. The van der Waals surface area contributed by atoms with E-state index in [9.17, 15) is 9.90 Å². The molecule has 1 aromatic carbocycles. The van der Waals surface area contributed by atoms with Gasteiger partial charge in [-0.1, -0.05) is 12.1 Å². The first kappa shape index (κ1) is 18.7. The summed E-state index contributed by atoms with van der Waals surface area (Å²) >= 11 is 0. The zero-order valence-corrected chi connectivity index (χ0v) is 16.1. The van der Waals surface area contributed by atoms with Crippen molar-refractivity contribution in [2.24, 2.45) is 11.8 Å². The summed E-state index contributed by atoms with van der Waals surface area (Å²) < 4.78 is 5.46. The molecule has 1 N–H and O–H groups in total. The van der Waals surface area contributed by atoms with Crippen LogP contribution in [0.15, 0.2) is 24.3 Å². The van der Waals surface area contributed by atoms with Crippen LogP contribution in [0.5, 0.6) is 0 Å². The molecule has 0 bridgehead atoms. The molecule has 27 heavy (non-hydrogen) atoms. The van der Waals surface area contributed by atoms with Gasteiger partial charge in [0, 0.05) is 50.9 Å². The Balaban J connectivity index is 1.47. The molecule has 3 aliphatic rings. The van der Waals surface area contributed by atoms with Gasteiger partial charge >= 0.3 is 0 Å². The smallest absolute Gasteiger partial charge is 0.255 e. The average molecular weight is 373 g/mol. The number of hydrogen-bond acceptors (Lipinski definition) is 5. The van der Waals surface area contributed by atoms with Crippen LogP contribution < -0.4 is 4.90 Å². The maximum Gasteiger partial charge on any atom is 0.255 e. The fourth-order valence-electron chi connectivity index (χ4n) is 4.72. The number of rotatable bonds is 5. The standard InChI is InChI=1S/C21H31N3O3/c25-16-18-15-24(14-17(18)13-22-7-3-4-8-22)21(26)19-5-1-2-6-20(19)23-9-11-27-12-10-23/h1-2,5-6,17-18,25H,3-4,7-16H2/t17-,18-/m1/s1. The van der Waals surface area contributed by atoms with Gasteiger partial charge in [-0.15, -0.1) is 0 Å². The molecule has 6 nitrogen and oxygen atoms in total. The maximum absolute atomic E-state index is 13.3. The number of nitrogens with zero attached hydrogens (tertiary/aromatic N) is 3. The van der Waals surface area contributed by atoms with Crippen LogP contribution in [-0.2, 0) is 4.74 Å². The van der Waals surface area contributed by atoms with Crippen LogP contribution in [-0.4, -0.2) is 86.4 Å². The van der Waals surface area contributed by atoms with E-state index in [1.165, 1.54) is 12.8 Å². The van der Waals surface area contributed by atoms with Gasteiger partial charge in [0.05, 0.1) is 18.8 Å². The topological polar surface area (TPSA) is 56.2 Å². The minimum absolute atomic E-state index is 0.0967. The van der Waals surface area contributed by atoms with Gasteiger partial charge in [-0.2, -0.15) is 0 Å². The molecule has 3 heterocycles. The molecule has 4 rings (SSSR count). The van der Waals surface area contributed by atoms with Gasteiger partial charge in [-0.25, -0.2) is 0 Å². The van der Waals surface area contributed by atoms with Gasteiger partial charge in [0.15, 0.2) is 0 Å². The van der Waals surface area contributed by atoms with E-state index in [0.29, 0.717) is 25.7 Å². The third-order valence-electron chi connectivity index (χ3n) is 6.28. The number of benzene rings is 1. The number of aliphatic hydroxyl groups is 1. The lowest BCUT2D eigenvalue weighted by Crippen LogP contribution is -2.38. The number of carbonyl (C=O) groups is 1. The number of amides is 1. The summed E-state index contributed by atoms with van der Waals surface area (Å²) in [5, 5.41) is 9.86. The molecule has 1 aromatic rings. The lowest BCUT2D eigenvalue weighted by molar-refractivity contribution is 0.0778. The van der Waals surface area contributed by atoms with Crippen LogP contribution in [0.25, 0.3) is 0 Å². The summed E-state index contributed by atoms with van der Waals surface area (Å²) in [6, 6.07) is 7.92. The third-order valence-corrected chi connectivity index (χ3v) is 6.28. The summed E-state index contributed by atoms with van der Waals surface area (Å²) in [5.74, 6) is 0.650. The Morgan fingerprint density at radius 1 is 1.04 bits per heavy atom.